The highest BCUT2D eigenvalue weighted by molar-refractivity contribution is 5.85. The van der Waals surface area contributed by atoms with Crippen LogP contribution in [0.5, 0.6) is 5.75 Å². The van der Waals surface area contributed by atoms with Crippen LogP contribution in [0.25, 0.3) is 0 Å². The first-order valence-corrected chi connectivity index (χ1v) is 6.98. The monoisotopic (exact) mass is 336 g/mol. The van der Waals surface area contributed by atoms with Crippen molar-refractivity contribution in [2.45, 2.75) is 45.3 Å². The van der Waals surface area contributed by atoms with Crippen LogP contribution in [-0.4, -0.2) is 24.6 Å². The zero-order chi connectivity index (χ0) is 15.9. The second-order valence-electron chi connectivity index (χ2n) is 5.01. The molecule has 0 aliphatic rings. The highest BCUT2D eigenvalue weighted by Crippen LogP contribution is 2.20. The van der Waals surface area contributed by atoms with E-state index in [0.29, 0.717) is 12.1 Å². The van der Waals surface area contributed by atoms with Gasteiger partial charge in [0.1, 0.15) is 5.75 Å². The molecule has 4 nitrogen and oxygen atoms in total. The smallest absolute Gasteiger partial charge is 0.387 e. The van der Waals surface area contributed by atoms with Gasteiger partial charge in [-0.2, -0.15) is 8.78 Å². The molecule has 126 valence electrons. The van der Waals surface area contributed by atoms with Crippen LogP contribution in [0.3, 0.4) is 0 Å². The first kappa shape index (κ1) is 20.6. The summed E-state index contributed by atoms with van der Waals surface area (Å²) in [6, 6.07) is 6.26. The van der Waals surface area contributed by atoms with Gasteiger partial charge in [0.05, 0.1) is 6.42 Å². The maximum atomic E-state index is 12.3. The molecule has 0 saturated carbocycles. The Morgan fingerprint density at radius 2 is 1.91 bits per heavy atom. The molecule has 1 aromatic rings. The average molecular weight is 337 g/mol. The van der Waals surface area contributed by atoms with E-state index < -0.39 is 12.2 Å². The van der Waals surface area contributed by atoms with E-state index in [-0.39, 0.29) is 30.5 Å². The zero-order valence-electron chi connectivity index (χ0n) is 12.8. The average Bonchev–Trinajstić information content (AvgIpc) is 2.46. The van der Waals surface area contributed by atoms with Gasteiger partial charge in [0.25, 0.3) is 0 Å². The first-order valence-electron chi connectivity index (χ1n) is 6.98. The minimum atomic E-state index is -2.91. The number of nitrogens with two attached hydrogens (primary N) is 1. The van der Waals surface area contributed by atoms with Crippen molar-refractivity contribution in [3.05, 3.63) is 29.8 Å². The predicted octanol–water partition coefficient (Wildman–Crippen LogP) is 2.89. The number of para-hydroxylation sites is 1. The van der Waals surface area contributed by atoms with Gasteiger partial charge in [0.2, 0.25) is 5.91 Å². The number of rotatable bonds is 8. The number of alkyl halides is 2. The van der Waals surface area contributed by atoms with Crippen molar-refractivity contribution in [2.75, 3.05) is 6.54 Å². The lowest BCUT2D eigenvalue weighted by Crippen LogP contribution is -2.49. The highest BCUT2D eigenvalue weighted by Gasteiger charge is 2.21. The van der Waals surface area contributed by atoms with Crippen LogP contribution in [0, 0.1) is 0 Å². The molecule has 0 aliphatic carbocycles. The molecule has 0 aromatic heterocycles. The lowest BCUT2D eigenvalue weighted by molar-refractivity contribution is -0.120. The third-order valence-corrected chi connectivity index (χ3v) is 3.59. The van der Waals surface area contributed by atoms with Crippen molar-refractivity contribution >= 4 is 18.3 Å². The molecular formula is C15H23ClF2N2O2. The van der Waals surface area contributed by atoms with E-state index in [9.17, 15) is 13.6 Å². The number of ether oxygens (including phenoxy) is 1. The Kier molecular flexibility index (Phi) is 8.97. The van der Waals surface area contributed by atoms with Crippen LogP contribution in [0.1, 0.15) is 32.3 Å². The second kappa shape index (κ2) is 9.58. The molecule has 1 aromatic carbocycles. The third kappa shape index (κ3) is 6.58. The van der Waals surface area contributed by atoms with Gasteiger partial charge >= 0.3 is 6.61 Å². The number of hydrogen-bond acceptors (Lipinski definition) is 3. The first-order chi connectivity index (χ1) is 9.90. The second-order valence-corrected chi connectivity index (χ2v) is 5.01. The normalized spacial score (nSPS) is 11.0. The van der Waals surface area contributed by atoms with Gasteiger partial charge in [0.15, 0.2) is 0 Å². The number of carbonyl (C=O) groups excluding carboxylic acids is 1. The number of benzene rings is 1. The van der Waals surface area contributed by atoms with E-state index in [1.54, 1.807) is 18.2 Å². The number of hydrogen-bond donors (Lipinski definition) is 2. The molecule has 0 radical (unpaired) electrons. The SMILES string of the molecule is CCC(N)(CC)CNC(=O)Cc1ccccc1OC(F)F.Cl. The standard InChI is InChI=1S/C15H22F2N2O2.ClH/c1-3-15(18,4-2)10-19-13(20)9-11-7-5-6-8-12(11)21-14(16)17;/h5-8,14H,3-4,9-10,18H2,1-2H3,(H,19,20);1H. The summed E-state index contributed by atoms with van der Waals surface area (Å²) < 4.78 is 29.0. The molecule has 0 heterocycles. The quantitative estimate of drug-likeness (QED) is 0.767. The van der Waals surface area contributed by atoms with E-state index in [2.05, 4.69) is 10.1 Å². The molecule has 0 spiro atoms. The molecule has 0 unspecified atom stereocenters. The summed E-state index contributed by atoms with van der Waals surface area (Å²) in [5.74, 6) is -0.246. The van der Waals surface area contributed by atoms with Gasteiger partial charge in [-0.25, -0.2) is 0 Å². The summed E-state index contributed by atoms with van der Waals surface area (Å²) in [4.78, 5) is 11.9. The van der Waals surface area contributed by atoms with E-state index >= 15 is 0 Å². The summed E-state index contributed by atoms with van der Waals surface area (Å²) in [7, 11) is 0. The summed E-state index contributed by atoms with van der Waals surface area (Å²) in [6.45, 7) is 1.37. The molecule has 0 saturated heterocycles. The maximum absolute atomic E-state index is 12.3. The predicted molar refractivity (Wildman–Crippen MR) is 84.5 cm³/mol. The van der Waals surface area contributed by atoms with Crippen LogP contribution in [0.4, 0.5) is 8.78 Å². The van der Waals surface area contributed by atoms with Gasteiger partial charge in [-0.1, -0.05) is 32.0 Å². The Morgan fingerprint density at radius 1 is 1.32 bits per heavy atom. The summed E-state index contributed by atoms with van der Waals surface area (Å²) in [6.07, 6.45) is 1.47. The Bertz CT molecular complexity index is 469. The molecule has 3 N–H and O–H groups in total. The minimum Gasteiger partial charge on any atom is -0.435 e. The Balaban J connectivity index is 0.00000441. The molecule has 7 heteroatoms. The molecule has 22 heavy (non-hydrogen) atoms. The Morgan fingerprint density at radius 3 is 2.45 bits per heavy atom. The molecule has 0 atom stereocenters. The maximum Gasteiger partial charge on any atom is 0.387 e. The van der Waals surface area contributed by atoms with Gasteiger partial charge in [-0.15, -0.1) is 12.4 Å². The molecule has 1 amide bonds. The van der Waals surface area contributed by atoms with E-state index in [0.717, 1.165) is 12.8 Å². The fourth-order valence-electron chi connectivity index (χ4n) is 1.87. The Hall–Kier alpha value is -1.40. The lowest BCUT2D eigenvalue weighted by atomic mass is 9.94. The zero-order valence-corrected chi connectivity index (χ0v) is 13.6. The highest BCUT2D eigenvalue weighted by atomic mass is 35.5. The van der Waals surface area contributed by atoms with E-state index in [4.69, 9.17) is 5.73 Å². The Labute approximate surface area is 135 Å². The summed E-state index contributed by atoms with van der Waals surface area (Å²) >= 11 is 0. The van der Waals surface area contributed by atoms with Crippen molar-refractivity contribution < 1.29 is 18.3 Å². The third-order valence-electron chi connectivity index (χ3n) is 3.59. The lowest BCUT2D eigenvalue weighted by Gasteiger charge is -2.26. The van der Waals surface area contributed by atoms with E-state index in [1.807, 2.05) is 13.8 Å². The van der Waals surface area contributed by atoms with Gasteiger partial charge in [-0.05, 0) is 18.9 Å². The molecule has 0 bridgehead atoms. The minimum absolute atomic E-state index is 0. The number of carbonyl (C=O) groups is 1. The molecule has 1 rings (SSSR count). The largest absolute Gasteiger partial charge is 0.435 e. The topological polar surface area (TPSA) is 64.3 Å². The van der Waals surface area contributed by atoms with Crippen LogP contribution in [-0.2, 0) is 11.2 Å². The van der Waals surface area contributed by atoms with Crippen LogP contribution < -0.4 is 15.8 Å². The number of nitrogens with one attached hydrogen (secondary N) is 1. The van der Waals surface area contributed by atoms with Crippen LogP contribution >= 0.6 is 12.4 Å². The molecule has 0 fully saturated rings. The summed E-state index contributed by atoms with van der Waals surface area (Å²) in [5, 5.41) is 2.75. The molecular weight excluding hydrogens is 314 g/mol. The van der Waals surface area contributed by atoms with Crippen molar-refractivity contribution in [1.82, 2.24) is 5.32 Å². The van der Waals surface area contributed by atoms with Crippen molar-refractivity contribution in [3.63, 3.8) is 0 Å². The van der Waals surface area contributed by atoms with Gasteiger partial charge < -0.3 is 15.8 Å². The van der Waals surface area contributed by atoms with Gasteiger partial charge in [-0.3, -0.25) is 4.79 Å². The van der Waals surface area contributed by atoms with Crippen molar-refractivity contribution in [1.29, 1.82) is 0 Å². The fraction of sp³-hybridized carbons (Fsp3) is 0.533. The van der Waals surface area contributed by atoms with Gasteiger partial charge in [0, 0.05) is 17.6 Å². The number of halogens is 3. The van der Waals surface area contributed by atoms with Crippen molar-refractivity contribution in [3.8, 4) is 5.75 Å². The fourth-order valence-corrected chi connectivity index (χ4v) is 1.87. The van der Waals surface area contributed by atoms with E-state index in [1.165, 1.54) is 6.07 Å². The number of amides is 1. The summed E-state index contributed by atoms with van der Waals surface area (Å²) in [5.41, 5.74) is 6.08. The van der Waals surface area contributed by atoms with Crippen LogP contribution in [0.15, 0.2) is 24.3 Å². The molecule has 0 aliphatic heterocycles. The van der Waals surface area contributed by atoms with Crippen LogP contribution in [0.2, 0.25) is 0 Å². The van der Waals surface area contributed by atoms with Crippen molar-refractivity contribution in [2.24, 2.45) is 5.73 Å².